The molecule has 1 amide bonds. The lowest BCUT2D eigenvalue weighted by Gasteiger charge is -2.38. The second-order valence-corrected chi connectivity index (χ2v) is 4.85. The summed E-state index contributed by atoms with van der Waals surface area (Å²) >= 11 is 0. The van der Waals surface area contributed by atoms with Gasteiger partial charge in [0.05, 0.1) is 5.60 Å². The van der Waals surface area contributed by atoms with Gasteiger partial charge in [-0.3, -0.25) is 4.79 Å². The van der Waals surface area contributed by atoms with Crippen LogP contribution in [-0.2, 0) is 9.53 Å². The maximum absolute atomic E-state index is 11.4. The van der Waals surface area contributed by atoms with Gasteiger partial charge in [-0.15, -0.1) is 0 Å². The summed E-state index contributed by atoms with van der Waals surface area (Å²) in [7, 11) is 4.05. The van der Waals surface area contributed by atoms with Crippen LogP contribution in [0.3, 0.4) is 0 Å². The van der Waals surface area contributed by atoms with Crippen molar-refractivity contribution in [2.45, 2.75) is 18.9 Å². The van der Waals surface area contributed by atoms with Gasteiger partial charge in [-0.25, -0.2) is 0 Å². The van der Waals surface area contributed by atoms with E-state index in [0.29, 0.717) is 0 Å². The summed E-state index contributed by atoms with van der Waals surface area (Å²) in [6.07, 6.45) is 0.970. The Hall–Kier alpha value is -0.650. The zero-order valence-electron chi connectivity index (χ0n) is 10.5. The first-order valence-corrected chi connectivity index (χ1v) is 5.78. The number of nitrogens with one attached hydrogen (secondary N) is 2. The second kappa shape index (κ2) is 6.18. The molecule has 1 fully saturated rings. The quantitative estimate of drug-likeness (QED) is 0.574. The molecule has 1 heterocycles. The minimum Gasteiger partial charge on any atom is -0.363 e. The number of hydrogen-bond acceptors (Lipinski definition) is 4. The fourth-order valence-electron chi connectivity index (χ4n) is 1.49. The van der Waals surface area contributed by atoms with E-state index in [-0.39, 0.29) is 18.1 Å². The van der Waals surface area contributed by atoms with Gasteiger partial charge in [0.15, 0.2) is 0 Å². The van der Waals surface area contributed by atoms with E-state index < -0.39 is 0 Å². The maximum atomic E-state index is 11.4. The molecule has 5 nitrogen and oxygen atoms in total. The van der Waals surface area contributed by atoms with Crippen molar-refractivity contribution >= 4 is 5.91 Å². The van der Waals surface area contributed by atoms with Crippen molar-refractivity contribution in [3.05, 3.63) is 0 Å². The van der Waals surface area contributed by atoms with Crippen LogP contribution in [0.15, 0.2) is 0 Å². The molecule has 0 spiro atoms. The molecular weight excluding hydrogens is 206 g/mol. The highest BCUT2D eigenvalue weighted by molar-refractivity contribution is 5.77. The Balaban J connectivity index is 1.98. The molecule has 94 valence electrons. The van der Waals surface area contributed by atoms with Crippen LogP contribution in [0.2, 0.25) is 0 Å². The van der Waals surface area contributed by atoms with Gasteiger partial charge >= 0.3 is 0 Å². The Morgan fingerprint density at radius 3 is 2.69 bits per heavy atom. The predicted molar refractivity (Wildman–Crippen MR) is 63.4 cm³/mol. The Morgan fingerprint density at radius 1 is 1.50 bits per heavy atom. The lowest BCUT2D eigenvalue weighted by atomic mass is 10.0. The summed E-state index contributed by atoms with van der Waals surface area (Å²) in [4.78, 5) is 13.5. The van der Waals surface area contributed by atoms with E-state index in [4.69, 9.17) is 4.74 Å². The number of amides is 1. The number of ether oxygens (including phenoxy) is 1. The van der Waals surface area contributed by atoms with Crippen molar-refractivity contribution in [1.82, 2.24) is 15.5 Å². The molecule has 0 bridgehead atoms. The number of carbonyl (C=O) groups excluding carboxylic acids is 1. The van der Waals surface area contributed by atoms with Gasteiger partial charge in [0.2, 0.25) is 5.91 Å². The normalized spacial score (nSPS) is 18.2. The summed E-state index contributed by atoms with van der Waals surface area (Å²) in [5.74, 6) is -0.0214. The molecule has 0 aromatic rings. The highest BCUT2D eigenvalue weighted by Crippen LogP contribution is 2.14. The zero-order chi connectivity index (χ0) is 12.0. The average molecular weight is 229 g/mol. The third kappa shape index (κ3) is 4.92. The smallest absolute Gasteiger partial charge is 0.246 e. The molecule has 1 saturated heterocycles. The van der Waals surface area contributed by atoms with Crippen molar-refractivity contribution in [2.75, 3.05) is 46.9 Å². The second-order valence-electron chi connectivity index (χ2n) is 4.85. The monoisotopic (exact) mass is 229 g/mol. The van der Waals surface area contributed by atoms with E-state index in [1.54, 1.807) is 0 Å². The fraction of sp³-hybridized carbons (Fsp3) is 0.909. The van der Waals surface area contributed by atoms with Crippen molar-refractivity contribution in [2.24, 2.45) is 0 Å². The highest BCUT2D eigenvalue weighted by Gasteiger charge is 2.32. The van der Waals surface area contributed by atoms with Gasteiger partial charge in [-0.2, -0.15) is 0 Å². The first-order chi connectivity index (χ1) is 7.52. The van der Waals surface area contributed by atoms with Gasteiger partial charge < -0.3 is 20.3 Å². The van der Waals surface area contributed by atoms with Crippen molar-refractivity contribution in [1.29, 1.82) is 0 Å². The van der Waals surface area contributed by atoms with Gasteiger partial charge in [0.1, 0.15) is 6.61 Å². The van der Waals surface area contributed by atoms with E-state index in [1.165, 1.54) is 0 Å². The minimum absolute atomic E-state index is 0.0214. The molecule has 2 N–H and O–H groups in total. The van der Waals surface area contributed by atoms with Crippen LogP contribution in [-0.4, -0.2) is 63.3 Å². The van der Waals surface area contributed by atoms with E-state index in [1.807, 2.05) is 21.0 Å². The Bertz CT molecular complexity index is 227. The molecule has 0 aromatic carbocycles. The number of nitrogens with zero attached hydrogens (tertiary/aromatic N) is 1. The summed E-state index contributed by atoms with van der Waals surface area (Å²) in [5.41, 5.74) is -0.138. The summed E-state index contributed by atoms with van der Waals surface area (Å²) in [6.45, 7) is 5.56. The topological polar surface area (TPSA) is 53.6 Å². The maximum Gasteiger partial charge on any atom is 0.246 e. The summed E-state index contributed by atoms with van der Waals surface area (Å²) < 4.78 is 5.52. The molecular formula is C11H23N3O2. The molecule has 1 aliphatic heterocycles. The van der Waals surface area contributed by atoms with E-state index >= 15 is 0 Å². The van der Waals surface area contributed by atoms with Crippen molar-refractivity contribution in [3.8, 4) is 0 Å². The molecule has 0 aromatic heterocycles. The summed E-state index contributed by atoms with van der Waals surface area (Å²) in [6, 6.07) is 0. The SMILES string of the molecule is CN(C)CCCNC(=O)COC1(C)CNC1. The van der Waals surface area contributed by atoms with Crippen LogP contribution in [0.4, 0.5) is 0 Å². The first kappa shape index (κ1) is 13.4. The van der Waals surface area contributed by atoms with Crippen molar-refractivity contribution in [3.63, 3.8) is 0 Å². The molecule has 1 aliphatic rings. The van der Waals surface area contributed by atoms with Crippen LogP contribution < -0.4 is 10.6 Å². The molecule has 0 unspecified atom stereocenters. The fourth-order valence-corrected chi connectivity index (χ4v) is 1.49. The van der Waals surface area contributed by atoms with E-state index in [2.05, 4.69) is 15.5 Å². The Morgan fingerprint density at radius 2 is 2.19 bits per heavy atom. The molecule has 0 saturated carbocycles. The van der Waals surface area contributed by atoms with Crippen molar-refractivity contribution < 1.29 is 9.53 Å². The largest absolute Gasteiger partial charge is 0.363 e. The predicted octanol–water partition coefficient (Wildman–Crippen LogP) is -0.567. The van der Waals surface area contributed by atoms with Gasteiger partial charge in [0, 0.05) is 19.6 Å². The van der Waals surface area contributed by atoms with Crippen LogP contribution >= 0.6 is 0 Å². The van der Waals surface area contributed by atoms with Gasteiger partial charge in [0.25, 0.3) is 0 Å². The van der Waals surface area contributed by atoms with Crippen LogP contribution in [0, 0.1) is 0 Å². The average Bonchev–Trinajstić information content (AvgIpc) is 2.18. The molecule has 5 heteroatoms. The summed E-state index contributed by atoms with van der Waals surface area (Å²) in [5, 5.41) is 5.98. The lowest BCUT2D eigenvalue weighted by Crippen LogP contribution is -2.59. The number of hydrogen-bond donors (Lipinski definition) is 2. The highest BCUT2D eigenvalue weighted by atomic mass is 16.5. The van der Waals surface area contributed by atoms with Gasteiger partial charge in [-0.05, 0) is 34.0 Å². The molecule has 0 aliphatic carbocycles. The van der Waals surface area contributed by atoms with E-state index in [0.717, 1.165) is 32.6 Å². The first-order valence-electron chi connectivity index (χ1n) is 5.78. The Kier molecular flexibility index (Phi) is 5.18. The third-order valence-corrected chi connectivity index (χ3v) is 2.65. The molecule has 16 heavy (non-hydrogen) atoms. The standard InChI is InChI=1S/C11H23N3O2/c1-11(8-12-9-11)16-7-10(15)13-5-4-6-14(2)3/h12H,4-9H2,1-3H3,(H,13,15). The van der Waals surface area contributed by atoms with Crippen LogP contribution in [0.25, 0.3) is 0 Å². The Labute approximate surface area is 97.5 Å². The third-order valence-electron chi connectivity index (χ3n) is 2.65. The van der Waals surface area contributed by atoms with Crippen LogP contribution in [0.1, 0.15) is 13.3 Å². The van der Waals surface area contributed by atoms with E-state index in [9.17, 15) is 4.79 Å². The van der Waals surface area contributed by atoms with Crippen LogP contribution in [0.5, 0.6) is 0 Å². The zero-order valence-corrected chi connectivity index (χ0v) is 10.5. The van der Waals surface area contributed by atoms with Gasteiger partial charge in [-0.1, -0.05) is 0 Å². The minimum atomic E-state index is -0.138. The molecule has 0 radical (unpaired) electrons. The lowest BCUT2D eigenvalue weighted by molar-refractivity contribution is -0.135. The molecule has 1 rings (SSSR count). The molecule has 0 atom stereocenters. The number of rotatable bonds is 7. The number of carbonyl (C=O) groups is 1.